The van der Waals surface area contributed by atoms with Crippen LogP contribution >= 0.6 is 12.2 Å². The molecule has 2 fully saturated rings. The maximum atomic E-state index is 13.8. The Labute approximate surface area is 202 Å². The zero-order valence-electron chi connectivity index (χ0n) is 19.9. The molecule has 2 bridgehead atoms. The fraction of sp³-hybridized carbons (Fsp3) is 0.464. The molecule has 1 saturated carbocycles. The molecule has 0 radical (unpaired) electrons. The fourth-order valence-electron chi connectivity index (χ4n) is 6.42. The molecular weight excluding hydrogens is 426 g/mol. The second-order valence-electron chi connectivity index (χ2n) is 10.5. The minimum absolute atomic E-state index is 0.0775. The first-order chi connectivity index (χ1) is 15.9. The summed E-state index contributed by atoms with van der Waals surface area (Å²) < 4.78 is 0. The van der Waals surface area contributed by atoms with Crippen LogP contribution in [0.15, 0.2) is 66.1 Å². The number of allylic oxidation sites excluding steroid dienone is 1. The van der Waals surface area contributed by atoms with Crippen molar-refractivity contribution < 1.29 is 4.79 Å². The monoisotopic (exact) mass is 459 g/mol. The highest BCUT2D eigenvalue weighted by molar-refractivity contribution is 7.81. The Morgan fingerprint density at radius 3 is 2.45 bits per heavy atom. The Bertz CT molecular complexity index is 1090. The van der Waals surface area contributed by atoms with Crippen molar-refractivity contribution in [2.75, 3.05) is 18.0 Å². The van der Waals surface area contributed by atoms with Crippen LogP contribution in [0.25, 0.3) is 0 Å². The van der Waals surface area contributed by atoms with Crippen molar-refractivity contribution >= 4 is 28.8 Å². The Morgan fingerprint density at radius 2 is 1.79 bits per heavy atom. The SMILES string of the molecule is CC1(C)[C@@H]2CC[C@@]1(C)C(N1CCCCC1)=C2C(=S)N(C(=O)c1cccnc1)c1ccccc1. The van der Waals surface area contributed by atoms with E-state index >= 15 is 0 Å². The van der Waals surface area contributed by atoms with Gasteiger partial charge in [0.2, 0.25) is 0 Å². The summed E-state index contributed by atoms with van der Waals surface area (Å²) >= 11 is 6.26. The van der Waals surface area contributed by atoms with Gasteiger partial charge in [0, 0.05) is 42.2 Å². The number of benzene rings is 1. The standard InChI is InChI=1S/C28H33N3OS/c1-27(2)22-14-15-28(27,3)24(30-17-8-5-9-18-30)23(22)26(33)31(21-12-6-4-7-13-21)25(32)20-11-10-16-29-19-20/h4,6-7,10-13,16,19,22H,5,8-9,14-15,17-18H2,1-3H3/t22-,28+/m1/s1. The molecule has 2 heterocycles. The first kappa shape index (κ1) is 22.3. The van der Waals surface area contributed by atoms with E-state index in [1.165, 1.54) is 37.0 Å². The highest BCUT2D eigenvalue weighted by atomic mass is 32.1. The molecule has 4 nitrogen and oxygen atoms in total. The van der Waals surface area contributed by atoms with Crippen molar-refractivity contribution in [3.05, 3.63) is 71.7 Å². The van der Waals surface area contributed by atoms with Crippen LogP contribution in [-0.4, -0.2) is 33.9 Å². The Hall–Kier alpha value is -2.53. The average Bonchev–Trinajstić information content (AvgIpc) is 3.18. The van der Waals surface area contributed by atoms with Crippen LogP contribution in [-0.2, 0) is 0 Å². The van der Waals surface area contributed by atoms with Crippen LogP contribution in [0.1, 0.15) is 63.2 Å². The smallest absolute Gasteiger partial charge is 0.265 e. The number of likely N-dealkylation sites (tertiary alicyclic amines) is 1. The third-order valence-electron chi connectivity index (χ3n) is 8.58. The van der Waals surface area contributed by atoms with Gasteiger partial charge < -0.3 is 4.90 Å². The fourth-order valence-corrected chi connectivity index (χ4v) is 6.85. The van der Waals surface area contributed by atoms with E-state index in [2.05, 4.69) is 30.7 Å². The molecule has 2 aliphatic carbocycles. The molecule has 1 aromatic carbocycles. The number of aromatic nitrogens is 1. The highest BCUT2D eigenvalue weighted by Gasteiger charge is 2.63. The summed E-state index contributed by atoms with van der Waals surface area (Å²) in [5.74, 6) is 0.246. The number of hydrogen-bond donors (Lipinski definition) is 0. The van der Waals surface area contributed by atoms with Crippen molar-refractivity contribution in [1.29, 1.82) is 0 Å². The Kier molecular flexibility index (Phi) is 5.64. The lowest BCUT2D eigenvalue weighted by Gasteiger charge is -2.43. The van der Waals surface area contributed by atoms with Gasteiger partial charge in [-0.3, -0.25) is 14.7 Å². The first-order valence-corrected chi connectivity index (χ1v) is 12.6. The van der Waals surface area contributed by atoms with Gasteiger partial charge in [0.15, 0.2) is 0 Å². The Balaban J connectivity index is 1.65. The van der Waals surface area contributed by atoms with E-state index in [1.807, 2.05) is 36.4 Å². The van der Waals surface area contributed by atoms with Crippen LogP contribution in [0, 0.1) is 16.7 Å². The molecule has 0 spiro atoms. The molecule has 1 saturated heterocycles. The lowest BCUT2D eigenvalue weighted by Crippen LogP contribution is -2.42. The Morgan fingerprint density at radius 1 is 1.06 bits per heavy atom. The van der Waals surface area contributed by atoms with Crippen molar-refractivity contribution in [1.82, 2.24) is 9.88 Å². The predicted octanol–water partition coefficient (Wildman–Crippen LogP) is 6.25. The molecule has 5 rings (SSSR count). The van der Waals surface area contributed by atoms with Crippen LogP contribution in [0.4, 0.5) is 5.69 Å². The summed E-state index contributed by atoms with van der Waals surface area (Å²) in [4.78, 5) is 23.0. The van der Waals surface area contributed by atoms with E-state index < -0.39 is 0 Å². The third kappa shape index (κ3) is 3.43. The molecule has 1 amide bonds. The van der Waals surface area contributed by atoms with Crippen molar-refractivity contribution in [3.63, 3.8) is 0 Å². The van der Waals surface area contributed by atoms with Crippen LogP contribution in [0.5, 0.6) is 0 Å². The summed E-state index contributed by atoms with van der Waals surface area (Å²) in [5, 5.41) is 0. The summed E-state index contributed by atoms with van der Waals surface area (Å²) in [7, 11) is 0. The average molecular weight is 460 g/mol. The summed E-state index contributed by atoms with van der Waals surface area (Å²) in [6.45, 7) is 9.41. The molecule has 33 heavy (non-hydrogen) atoms. The molecule has 0 N–H and O–H groups in total. The van der Waals surface area contributed by atoms with Gasteiger partial charge in [-0.1, -0.05) is 51.2 Å². The molecule has 5 heteroatoms. The number of para-hydroxylation sites is 1. The topological polar surface area (TPSA) is 36.4 Å². The molecular formula is C28H33N3OS. The van der Waals surface area contributed by atoms with Gasteiger partial charge in [-0.2, -0.15) is 0 Å². The lowest BCUT2D eigenvalue weighted by atomic mass is 9.69. The van der Waals surface area contributed by atoms with Gasteiger partial charge in [-0.25, -0.2) is 0 Å². The zero-order chi connectivity index (χ0) is 23.2. The van der Waals surface area contributed by atoms with Gasteiger partial charge in [0.25, 0.3) is 5.91 Å². The predicted molar refractivity (Wildman–Crippen MR) is 137 cm³/mol. The largest absolute Gasteiger partial charge is 0.374 e. The van der Waals surface area contributed by atoms with Crippen molar-refractivity contribution in [2.24, 2.45) is 16.7 Å². The van der Waals surface area contributed by atoms with E-state index in [0.717, 1.165) is 25.2 Å². The maximum Gasteiger partial charge on any atom is 0.265 e. The number of pyridine rings is 1. The van der Waals surface area contributed by atoms with Gasteiger partial charge >= 0.3 is 0 Å². The summed E-state index contributed by atoms with van der Waals surface area (Å²) in [5.41, 5.74) is 4.19. The number of piperidine rings is 1. The molecule has 0 unspecified atom stereocenters. The molecule has 2 aromatic rings. The minimum atomic E-state index is -0.115. The van der Waals surface area contributed by atoms with Crippen LogP contribution in [0.2, 0.25) is 0 Å². The number of carbonyl (C=O) groups excluding carboxylic acids is 1. The quantitative estimate of drug-likeness (QED) is 0.506. The van der Waals surface area contributed by atoms with Crippen molar-refractivity contribution in [2.45, 2.75) is 52.9 Å². The summed E-state index contributed by atoms with van der Waals surface area (Å²) in [6, 6.07) is 13.5. The number of anilines is 1. The number of nitrogens with zero attached hydrogens (tertiary/aromatic N) is 3. The third-order valence-corrected chi connectivity index (χ3v) is 8.99. The highest BCUT2D eigenvalue weighted by Crippen LogP contribution is 2.68. The first-order valence-electron chi connectivity index (χ1n) is 12.2. The van der Waals surface area contributed by atoms with Gasteiger partial charge in [0.1, 0.15) is 4.99 Å². The molecule has 3 aliphatic rings. The number of hydrogen-bond acceptors (Lipinski definition) is 4. The molecule has 172 valence electrons. The van der Waals surface area contributed by atoms with Crippen molar-refractivity contribution in [3.8, 4) is 0 Å². The summed E-state index contributed by atoms with van der Waals surface area (Å²) in [6.07, 6.45) is 9.38. The number of fused-ring (bicyclic) bond motifs is 2. The van der Waals surface area contributed by atoms with Crippen LogP contribution in [0.3, 0.4) is 0 Å². The van der Waals surface area contributed by atoms with E-state index in [1.54, 1.807) is 23.4 Å². The van der Waals surface area contributed by atoms with E-state index in [0.29, 0.717) is 16.5 Å². The van der Waals surface area contributed by atoms with Gasteiger partial charge in [-0.05, 0) is 67.7 Å². The normalized spacial score (nSPS) is 25.9. The number of carbonyl (C=O) groups is 1. The van der Waals surface area contributed by atoms with E-state index in [-0.39, 0.29) is 16.7 Å². The molecule has 1 aliphatic heterocycles. The number of rotatable bonds is 4. The van der Waals surface area contributed by atoms with E-state index in [4.69, 9.17) is 12.2 Å². The van der Waals surface area contributed by atoms with Gasteiger partial charge in [-0.15, -0.1) is 0 Å². The minimum Gasteiger partial charge on any atom is -0.374 e. The van der Waals surface area contributed by atoms with Gasteiger partial charge in [0.05, 0.1) is 11.3 Å². The lowest BCUT2D eigenvalue weighted by molar-refractivity contribution is 0.100. The molecule has 1 aromatic heterocycles. The molecule has 2 atom stereocenters. The van der Waals surface area contributed by atoms with Crippen LogP contribution < -0.4 is 4.90 Å². The number of thiocarbonyl (C=S) groups is 1. The second-order valence-corrected chi connectivity index (χ2v) is 10.9. The second kappa shape index (κ2) is 8.35. The maximum absolute atomic E-state index is 13.8. The number of amides is 1. The van der Waals surface area contributed by atoms with E-state index in [9.17, 15) is 4.79 Å². The zero-order valence-corrected chi connectivity index (χ0v) is 20.7.